The lowest BCUT2D eigenvalue weighted by Crippen LogP contribution is -2.48. The van der Waals surface area contributed by atoms with E-state index in [1.807, 2.05) is 14.1 Å². The maximum atomic E-state index is 11.7. The molecular weight excluding hydrogens is 258 g/mol. The second-order valence-electron chi connectivity index (χ2n) is 5.68. The molecule has 0 radical (unpaired) electrons. The quantitative estimate of drug-likeness (QED) is 0.708. The van der Waals surface area contributed by atoms with Crippen LogP contribution in [0.2, 0.25) is 0 Å². The molecule has 0 aliphatic heterocycles. The monoisotopic (exact) mass is 281 g/mol. The fourth-order valence-electron chi connectivity index (χ4n) is 2.03. The zero-order chi connectivity index (χ0) is 14.6. The van der Waals surface area contributed by atoms with Gasteiger partial charge >= 0.3 is 6.03 Å². The van der Waals surface area contributed by atoms with Crippen LogP contribution in [0.15, 0.2) is 12.4 Å². The molecular formula is C13H23N5O2. The van der Waals surface area contributed by atoms with Crippen LogP contribution in [0.5, 0.6) is 0 Å². The highest BCUT2D eigenvalue weighted by Gasteiger charge is 2.34. The molecule has 1 aromatic rings. The standard InChI is InChI=1S/C13H23N5O2/c1-17(2)6-7-18-9-11(8-15-18)16-12(19)14-10-13(20)4-3-5-13/h8-9,20H,3-7,10H2,1-2H3,(H2,14,16,19). The molecule has 3 N–H and O–H groups in total. The van der Waals surface area contributed by atoms with Crippen LogP contribution in [0.3, 0.4) is 0 Å². The Kier molecular flexibility index (Phi) is 4.61. The molecule has 1 aromatic heterocycles. The summed E-state index contributed by atoms with van der Waals surface area (Å²) in [5.74, 6) is 0. The number of nitrogens with zero attached hydrogens (tertiary/aromatic N) is 3. The SMILES string of the molecule is CN(C)CCn1cc(NC(=O)NCC2(O)CCC2)cn1. The fourth-order valence-corrected chi connectivity index (χ4v) is 2.03. The number of nitrogens with one attached hydrogen (secondary N) is 2. The second kappa shape index (κ2) is 6.23. The lowest BCUT2D eigenvalue weighted by atomic mass is 9.80. The highest BCUT2D eigenvalue weighted by molar-refractivity contribution is 5.88. The lowest BCUT2D eigenvalue weighted by molar-refractivity contribution is -0.0287. The Morgan fingerprint density at radius 3 is 2.90 bits per heavy atom. The van der Waals surface area contributed by atoms with Crippen molar-refractivity contribution in [1.82, 2.24) is 20.0 Å². The molecule has 1 heterocycles. The number of rotatable bonds is 6. The average Bonchev–Trinajstić information content (AvgIpc) is 2.79. The Bertz CT molecular complexity index is 453. The third-order valence-electron chi connectivity index (χ3n) is 3.53. The van der Waals surface area contributed by atoms with Crippen molar-refractivity contribution < 1.29 is 9.90 Å². The van der Waals surface area contributed by atoms with Crippen molar-refractivity contribution in [2.75, 3.05) is 32.5 Å². The van der Waals surface area contributed by atoms with Gasteiger partial charge in [-0.2, -0.15) is 5.10 Å². The number of amides is 2. The van der Waals surface area contributed by atoms with Crippen molar-refractivity contribution in [3.05, 3.63) is 12.4 Å². The van der Waals surface area contributed by atoms with E-state index in [4.69, 9.17) is 0 Å². The minimum atomic E-state index is -0.701. The van der Waals surface area contributed by atoms with Gasteiger partial charge in [0.1, 0.15) is 0 Å². The predicted octanol–water partition coefficient (Wildman–Crippen LogP) is 0.481. The molecule has 1 aliphatic rings. The summed E-state index contributed by atoms with van der Waals surface area (Å²) >= 11 is 0. The number of carbonyl (C=O) groups excluding carboxylic acids is 1. The molecule has 2 amide bonds. The van der Waals surface area contributed by atoms with Crippen molar-refractivity contribution in [2.24, 2.45) is 0 Å². The summed E-state index contributed by atoms with van der Waals surface area (Å²) in [5.41, 5.74) is -0.0467. The summed E-state index contributed by atoms with van der Waals surface area (Å²) in [6.45, 7) is 1.96. The van der Waals surface area contributed by atoms with Gasteiger partial charge in [-0.25, -0.2) is 4.79 Å². The third kappa shape index (κ3) is 4.21. The highest BCUT2D eigenvalue weighted by atomic mass is 16.3. The third-order valence-corrected chi connectivity index (χ3v) is 3.53. The van der Waals surface area contributed by atoms with Gasteiger partial charge in [0.05, 0.1) is 24.0 Å². The molecule has 2 rings (SSSR count). The van der Waals surface area contributed by atoms with Crippen LogP contribution in [0, 0.1) is 0 Å². The maximum Gasteiger partial charge on any atom is 0.319 e. The van der Waals surface area contributed by atoms with E-state index in [0.717, 1.165) is 32.4 Å². The number of aromatic nitrogens is 2. The molecule has 1 fully saturated rings. The number of hydrogen-bond donors (Lipinski definition) is 3. The van der Waals surface area contributed by atoms with E-state index in [0.29, 0.717) is 12.2 Å². The fraction of sp³-hybridized carbons (Fsp3) is 0.692. The second-order valence-corrected chi connectivity index (χ2v) is 5.68. The molecule has 20 heavy (non-hydrogen) atoms. The van der Waals surface area contributed by atoms with Crippen molar-refractivity contribution in [2.45, 2.75) is 31.4 Å². The van der Waals surface area contributed by atoms with Gasteiger partial charge in [-0.1, -0.05) is 0 Å². The molecule has 1 aliphatic carbocycles. The Morgan fingerprint density at radius 2 is 2.30 bits per heavy atom. The number of likely N-dealkylation sites (N-methyl/N-ethyl adjacent to an activating group) is 1. The van der Waals surface area contributed by atoms with Crippen molar-refractivity contribution in [1.29, 1.82) is 0 Å². The minimum Gasteiger partial charge on any atom is -0.388 e. The summed E-state index contributed by atoms with van der Waals surface area (Å²) in [6.07, 6.45) is 5.96. The molecule has 0 saturated heterocycles. The number of aliphatic hydroxyl groups is 1. The largest absolute Gasteiger partial charge is 0.388 e. The van der Waals surface area contributed by atoms with Crippen LogP contribution in [0.1, 0.15) is 19.3 Å². The van der Waals surface area contributed by atoms with Gasteiger partial charge in [-0.05, 0) is 33.4 Å². The van der Waals surface area contributed by atoms with Gasteiger partial charge in [0.25, 0.3) is 0 Å². The Labute approximate surface area is 118 Å². The number of urea groups is 1. The van der Waals surface area contributed by atoms with Crippen molar-refractivity contribution >= 4 is 11.7 Å². The zero-order valence-electron chi connectivity index (χ0n) is 12.1. The normalized spacial score (nSPS) is 16.8. The van der Waals surface area contributed by atoms with E-state index in [-0.39, 0.29) is 6.03 Å². The van der Waals surface area contributed by atoms with Crippen LogP contribution < -0.4 is 10.6 Å². The molecule has 7 heteroatoms. The number of anilines is 1. The van der Waals surface area contributed by atoms with Crippen molar-refractivity contribution in [3.8, 4) is 0 Å². The Morgan fingerprint density at radius 1 is 1.55 bits per heavy atom. The van der Waals surface area contributed by atoms with Gasteiger partial charge in [0.2, 0.25) is 0 Å². The summed E-state index contributed by atoms with van der Waals surface area (Å²) in [4.78, 5) is 13.8. The Hall–Kier alpha value is -1.60. The van der Waals surface area contributed by atoms with Crippen LogP contribution in [0.25, 0.3) is 0 Å². The molecule has 0 aromatic carbocycles. The average molecular weight is 281 g/mol. The topological polar surface area (TPSA) is 82.4 Å². The molecule has 0 spiro atoms. The first-order chi connectivity index (χ1) is 9.47. The maximum absolute atomic E-state index is 11.7. The number of carbonyl (C=O) groups is 1. The van der Waals surface area contributed by atoms with Gasteiger partial charge in [0, 0.05) is 19.3 Å². The van der Waals surface area contributed by atoms with Gasteiger partial charge in [-0.15, -0.1) is 0 Å². The van der Waals surface area contributed by atoms with Crippen LogP contribution in [0.4, 0.5) is 10.5 Å². The van der Waals surface area contributed by atoms with E-state index < -0.39 is 5.60 Å². The molecule has 1 saturated carbocycles. The summed E-state index contributed by atoms with van der Waals surface area (Å²) < 4.78 is 1.79. The van der Waals surface area contributed by atoms with Crippen molar-refractivity contribution in [3.63, 3.8) is 0 Å². The first-order valence-electron chi connectivity index (χ1n) is 6.91. The minimum absolute atomic E-state index is 0.299. The van der Waals surface area contributed by atoms with Crippen LogP contribution in [-0.2, 0) is 6.54 Å². The van der Waals surface area contributed by atoms with E-state index in [1.54, 1.807) is 17.1 Å². The number of hydrogen-bond acceptors (Lipinski definition) is 4. The van der Waals surface area contributed by atoms with Gasteiger partial charge in [0.15, 0.2) is 0 Å². The van der Waals surface area contributed by atoms with Gasteiger partial charge < -0.3 is 20.6 Å². The molecule has 0 bridgehead atoms. The first-order valence-corrected chi connectivity index (χ1v) is 6.91. The van der Waals surface area contributed by atoms with E-state index in [2.05, 4.69) is 20.6 Å². The van der Waals surface area contributed by atoms with Gasteiger partial charge in [-0.3, -0.25) is 4.68 Å². The first kappa shape index (κ1) is 14.8. The summed E-state index contributed by atoms with van der Waals surface area (Å²) in [7, 11) is 4.00. The lowest BCUT2D eigenvalue weighted by Gasteiger charge is -2.36. The molecule has 0 unspecified atom stereocenters. The Balaban J connectivity index is 1.73. The smallest absolute Gasteiger partial charge is 0.319 e. The molecule has 112 valence electrons. The van der Waals surface area contributed by atoms with E-state index >= 15 is 0 Å². The molecule has 0 atom stereocenters. The molecule has 7 nitrogen and oxygen atoms in total. The summed E-state index contributed by atoms with van der Waals surface area (Å²) in [6, 6.07) is -0.308. The van der Waals surface area contributed by atoms with E-state index in [9.17, 15) is 9.90 Å². The predicted molar refractivity (Wildman–Crippen MR) is 76.6 cm³/mol. The van der Waals surface area contributed by atoms with Crippen LogP contribution in [-0.4, -0.2) is 58.6 Å². The van der Waals surface area contributed by atoms with E-state index in [1.165, 1.54) is 0 Å². The highest BCUT2D eigenvalue weighted by Crippen LogP contribution is 2.30. The summed E-state index contributed by atoms with van der Waals surface area (Å²) in [5, 5.41) is 19.5. The zero-order valence-corrected chi connectivity index (χ0v) is 12.1. The van der Waals surface area contributed by atoms with Crippen LogP contribution >= 0.6 is 0 Å².